The van der Waals surface area contributed by atoms with Crippen molar-refractivity contribution in [2.45, 2.75) is 24.8 Å². The summed E-state index contributed by atoms with van der Waals surface area (Å²) < 4.78 is 26.6. The fourth-order valence-electron chi connectivity index (χ4n) is 2.25. The maximum atomic E-state index is 12.5. The lowest BCUT2D eigenvalue weighted by atomic mass is 10.2. The number of benzene rings is 1. The number of sulfonamides is 1. The molecule has 0 saturated heterocycles. The number of rotatable bonds is 2. The van der Waals surface area contributed by atoms with Gasteiger partial charge >= 0.3 is 0 Å². The topological polar surface area (TPSA) is 50.3 Å². The molecule has 1 aromatic heterocycles. The zero-order valence-electron chi connectivity index (χ0n) is 10.5. The maximum absolute atomic E-state index is 12.5. The molecule has 1 aromatic carbocycles. The molecule has 3 rings (SSSR count). The van der Waals surface area contributed by atoms with Crippen molar-refractivity contribution in [1.29, 1.82) is 0 Å². The van der Waals surface area contributed by atoms with Gasteiger partial charge in [-0.05, 0) is 19.1 Å². The van der Waals surface area contributed by atoms with E-state index in [1.165, 1.54) is 0 Å². The van der Waals surface area contributed by atoms with Crippen molar-refractivity contribution in [3.05, 3.63) is 45.9 Å². The Bertz CT molecular complexity index is 693. The monoisotopic (exact) mass is 294 g/mol. The predicted molar refractivity (Wildman–Crippen MR) is 74.6 cm³/mol. The zero-order chi connectivity index (χ0) is 13.5. The van der Waals surface area contributed by atoms with Gasteiger partial charge in [-0.3, -0.25) is 0 Å². The molecule has 0 fully saturated rings. The molecule has 2 heterocycles. The highest BCUT2D eigenvalue weighted by molar-refractivity contribution is 7.89. The Hall–Kier alpha value is -1.24. The number of aryl methyl sites for hydroxylation is 1. The van der Waals surface area contributed by atoms with Crippen LogP contribution in [0.5, 0.6) is 0 Å². The van der Waals surface area contributed by atoms with E-state index in [0.717, 1.165) is 15.6 Å². The van der Waals surface area contributed by atoms with Crippen LogP contribution in [0.4, 0.5) is 0 Å². The third kappa shape index (κ3) is 2.31. The van der Waals surface area contributed by atoms with Crippen LogP contribution in [0.25, 0.3) is 0 Å². The number of hydrogen-bond donors (Lipinski definition) is 0. The summed E-state index contributed by atoms with van der Waals surface area (Å²) in [5, 5.41) is 1.00. The molecule has 0 bridgehead atoms. The summed E-state index contributed by atoms with van der Waals surface area (Å²) in [6.45, 7) is 2.91. The predicted octanol–water partition coefficient (Wildman–Crippen LogP) is 2.20. The van der Waals surface area contributed by atoms with E-state index in [4.69, 9.17) is 0 Å². The molecule has 0 radical (unpaired) electrons. The van der Waals surface area contributed by atoms with Gasteiger partial charge in [-0.15, -0.1) is 11.3 Å². The number of fused-ring (bicyclic) bond motifs is 1. The number of aromatic nitrogens is 1. The van der Waals surface area contributed by atoms with E-state index >= 15 is 0 Å². The van der Waals surface area contributed by atoms with Gasteiger partial charge in [0, 0.05) is 17.8 Å². The third-order valence-electron chi connectivity index (χ3n) is 3.18. The van der Waals surface area contributed by atoms with E-state index in [1.807, 2.05) is 13.0 Å². The van der Waals surface area contributed by atoms with E-state index in [1.54, 1.807) is 39.9 Å². The average Bonchev–Trinajstić information content (AvgIpc) is 2.78. The first-order chi connectivity index (χ1) is 9.07. The second-order valence-corrected chi connectivity index (χ2v) is 7.73. The van der Waals surface area contributed by atoms with Crippen LogP contribution in [0.1, 0.15) is 15.6 Å². The molecule has 1 aliphatic heterocycles. The number of nitrogens with zero attached hydrogens (tertiary/aromatic N) is 2. The van der Waals surface area contributed by atoms with Gasteiger partial charge in [-0.25, -0.2) is 13.4 Å². The lowest BCUT2D eigenvalue weighted by Gasteiger charge is -2.25. The van der Waals surface area contributed by atoms with E-state index in [-0.39, 0.29) is 0 Å². The molecule has 0 unspecified atom stereocenters. The van der Waals surface area contributed by atoms with Crippen molar-refractivity contribution in [3.63, 3.8) is 0 Å². The Morgan fingerprint density at radius 3 is 2.74 bits per heavy atom. The van der Waals surface area contributed by atoms with Gasteiger partial charge in [0.1, 0.15) is 0 Å². The molecule has 0 spiro atoms. The smallest absolute Gasteiger partial charge is 0.243 e. The van der Waals surface area contributed by atoms with Crippen LogP contribution in [0.3, 0.4) is 0 Å². The van der Waals surface area contributed by atoms with Crippen LogP contribution in [-0.4, -0.2) is 24.3 Å². The Morgan fingerprint density at radius 1 is 1.26 bits per heavy atom. The summed E-state index contributed by atoms with van der Waals surface area (Å²) in [5.41, 5.74) is 1.06. The third-order valence-corrected chi connectivity index (χ3v) is 6.04. The Balaban J connectivity index is 1.93. The summed E-state index contributed by atoms with van der Waals surface area (Å²) in [6.07, 6.45) is 0.700. The Kier molecular flexibility index (Phi) is 3.16. The standard InChI is InChI=1S/C13H14N2O2S2/c1-10-14-12-7-8-15(9-13(12)18-10)19(16,17)11-5-3-2-4-6-11/h2-6H,7-9H2,1H3. The minimum absolute atomic E-state index is 0.361. The van der Waals surface area contributed by atoms with E-state index in [0.29, 0.717) is 24.4 Å². The summed E-state index contributed by atoms with van der Waals surface area (Å²) in [5.74, 6) is 0. The van der Waals surface area contributed by atoms with Gasteiger partial charge in [0.2, 0.25) is 10.0 Å². The minimum atomic E-state index is -3.38. The first-order valence-corrected chi connectivity index (χ1v) is 8.33. The normalized spacial score (nSPS) is 16.3. The fraction of sp³-hybridized carbons (Fsp3) is 0.308. The van der Waals surface area contributed by atoms with Gasteiger partial charge in [-0.1, -0.05) is 18.2 Å². The number of thiazole rings is 1. The first-order valence-electron chi connectivity index (χ1n) is 6.08. The van der Waals surface area contributed by atoms with Gasteiger partial charge in [0.05, 0.1) is 22.1 Å². The second-order valence-electron chi connectivity index (χ2n) is 4.50. The van der Waals surface area contributed by atoms with Crippen molar-refractivity contribution in [1.82, 2.24) is 9.29 Å². The highest BCUT2D eigenvalue weighted by Gasteiger charge is 2.29. The summed E-state index contributed by atoms with van der Waals surface area (Å²) >= 11 is 1.59. The summed E-state index contributed by atoms with van der Waals surface area (Å²) in [4.78, 5) is 5.87. The molecule has 1 aliphatic rings. The van der Waals surface area contributed by atoms with E-state index in [9.17, 15) is 8.42 Å². The molecule has 0 atom stereocenters. The zero-order valence-corrected chi connectivity index (χ0v) is 12.2. The highest BCUT2D eigenvalue weighted by Crippen LogP contribution is 2.28. The lowest BCUT2D eigenvalue weighted by Crippen LogP contribution is -2.35. The van der Waals surface area contributed by atoms with Crippen molar-refractivity contribution < 1.29 is 8.42 Å². The Labute approximate surface area is 116 Å². The van der Waals surface area contributed by atoms with Crippen molar-refractivity contribution in [2.75, 3.05) is 6.54 Å². The number of hydrogen-bond acceptors (Lipinski definition) is 4. The highest BCUT2D eigenvalue weighted by atomic mass is 32.2. The summed E-state index contributed by atoms with van der Waals surface area (Å²) in [6, 6.07) is 8.60. The summed E-state index contributed by atoms with van der Waals surface area (Å²) in [7, 11) is -3.38. The van der Waals surface area contributed by atoms with Crippen molar-refractivity contribution in [2.24, 2.45) is 0 Å². The van der Waals surface area contributed by atoms with Crippen LogP contribution in [-0.2, 0) is 23.0 Å². The molecule has 6 heteroatoms. The quantitative estimate of drug-likeness (QED) is 0.853. The largest absolute Gasteiger partial charge is 0.246 e. The Morgan fingerprint density at radius 2 is 2.00 bits per heavy atom. The second kappa shape index (κ2) is 4.70. The average molecular weight is 294 g/mol. The van der Waals surface area contributed by atoms with E-state index < -0.39 is 10.0 Å². The minimum Gasteiger partial charge on any atom is -0.246 e. The van der Waals surface area contributed by atoms with Crippen molar-refractivity contribution in [3.8, 4) is 0 Å². The first kappa shape index (κ1) is 12.8. The van der Waals surface area contributed by atoms with Crippen LogP contribution in [0, 0.1) is 6.92 Å². The molecular formula is C13H14N2O2S2. The van der Waals surface area contributed by atoms with Crippen molar-refractivity contribution >= 4 is 21.4 Å². The van der Waals surface area contributed by atoms with Gasteiger partial charge in [-0.2, -0.15) is 4.31 Å². The molecule has 19 heavy (non-hydrogen) atoms. The van der Waals surface area contributed by atoms with Crippen LogP contribution < -0.4 is 0 Å². The van der Waals surface area contributed by atoms with Crippen LogP contribution >= 0.6 is 11.3 Å². The molecule has 2 aromatic rings. The van der Waals surface area contributed by atoms with E-state index in [2.05, 4.69) is 4.98 Å². The molecule has 0 N–H and O–H groups in total. The van der Waals surface area contributed by atoms with Crippen LogP contribution in [0.15, 0.2) is 35.2 Å². The molecular weight excluding hydrogens is 280 g/mol. The van der Waals surface area contributed by atoms with Gasteiger partial charge in [0.15, 0.2) is 0 Å². The molecule has 0 aliphatic carbocycles. The molecule has 4 nitrogen and oxygen atoms in total. The lowest BCUT2D eigenvalue weighted by molar-refractivity contribution is 0.393. The molecule has 0 saturated carbocycles. The van der Waals surface area contributed by atoms with Gasteiger partial charge < -0.3 is 0 Å². The van der Waals surface area contributed by atoms with Gasteiger partial charge in [0.25, 0.3) is 0 Å². The SMILES string of the molecule is Cc1nc2c(s1)CN(S(=O)(=O)c1ccccc1)CC2. The molecule has 100 valence electrons. The maximum Gasteiger partial charge on any atom is 0.243 e. The molecule has 0 amide bonds. The van der Waals surface area contributed by atoms with Crippen LogP contribution in [0.2, 0.25) is 0 Å². The fourth-order valence-corrected chi connectivity index (χ4v) is 4.76.